The van der Waals surface area contributed by atoms with Gasteiger partial charge >= 0.3 is 0 Å². The van der Waals surface area contributed by atoms with Gasteiger partial charge in [0, 0.05) is 20.9 Å². The highest BCUT2D eigenvalue weighted by atomic mass is 32.3. The van der Waals surface area contributed by atoms with Crippen molar-refractivity contribution in [3.05, 3.63) is 152 Å². The minimum atomic E-state index is 1.16. The second-order valence-corrected chi connectivity index (χ2v) is 35.2. The highest BCUT2D eigenvalue weighted by Gasteiger charge is 2.29. The summed E-state index contributed by atoms with van der Waals surface area (Å²) in [6.45, 7) is 0. The van der Waals surface area contributed by atoms with Crippen LogP contribution in [0.4, 0.5) is 0 Å². The molecule has 0 nitrogen and oxygen atoms in total. The number of hydrogen-bond acceptors (Lipinski definition) is 16. The SMILES string of the molecule is CSC1=C2SCCCCCSC3=C(SC)SC(=c4c5ccccc5c(c5ccccc45)=C4SC(SC)=C(SCCCCCSC5=C(SC)SC(=c6c7ccccc7c(c7ccccc67)=C(S1)S2)S5)S4)S3. The molecule has 16 heteroatoms. The summed E-state index contributed by atoms with van der Waals surface area (Å²) < 4.78 is 17.5. The van der Waals surface area contributed by atoms with E-state index in [2.05, 4.69) is 169 Å². The van der Waals surface area contributed by atoms with Gasteiger partial charge in [0.25, 0.3) is 0 Å². The van der Waals surface area contributed by atoms with Gasteiger partial charge in [-0.2, -0.15) is 0 Å². The summed E-state index contributed by atoms with van der Waals surface area (Å²) in [5.74, 6) is 4.63. The molecule has 6 aromatic rings. The molecule has 0 spiro atoms. The van der Waals surface area contributed by atoms with Gasteiger partial charge in [-0.25, -0.2) is 0 Å². The molecule has 11 rings (SSSR count). The lowest BCUT2D eigenvalue weighted by Crippen LogP contribution is -2.16. The van der Waals surface area contributed by atoms with Crippen molar-refractivity contribution in [2.24, 2.45) is 0 Å². The maximum absolute atomic E-state index is 2.38. The van der Waals surface area contributed by atoms with Gasteiger partial charge in [-0.1, -0.05) is 204 Å². The first-order chi connectivity index (χ1) is 34.6. The molecule has 360 valence electrons. The zero-order valence-electron chi connectivity index (χ0n) is 38.8. The topological polar surface area (TPSA) is 0 Å². The van der Waals surface area contributed by atoms with Crippen LogP contribution in [-0.4, -0.2) is 48.0 Å². The van der Waals surface area contributed by atoms with Gasteiger partial charge in [0.05, 0.1) is 50.8 Å². The zero-order valence-corrected chi connectivity index (χ0v) is 51.9. The Morgan fingerprint density at radius 2 is 0.457 bits per heavy atom. The van der Waals surface area contributed by atoms with Gasteiger partial charge in [0.2, 0.25) is 0 Å². The summed E-state index contributed by atoms with van der Waals surface area (Å²) in [6.07, 6.45) is 16.5. The second kappa shape index (κ2) is 24.8. The van der Waals surface area contributed by atoms with Crippen LogP contribution in [0, 0.1) is 0 Å². The summed E-state index contributed by atoms with van der Waals surface area (Å²) in [6, 6.07) is 37.0. The van der Waals surface area contributed by atoms with Gasteiger partial charge in [-0.05, 0) is 117 Å². The Hall–Kier alpha value is 0.400. The van der Waals surface area contributed by atoms with Crippen molar-refractivity contribution in [3.8, 4) is 0 Å². The van der Waals surface area contributed by atoms with Crippen molar-refractivity contribution in [1.82, 2.24) is 0 Å². The molecule has 0 N–H and O–H groups in total. The van der Waals surface area contributed by atoms with Gasteiger partial charge in [-0.15, -0.1) is 94.1 Å². The molecule has 6 aromatic carbocycles. The van der Waals surface area contributed by atoms with Crippen LogP contribution in [0.3, 0.4) is 0 Å². The molecule has 5 aliphatic heterocycles. The molecular formula is C54H48S16. The normalized spacial score (nSPS) is 19.5. The average Bonchev–Trinajstić information content (AvgIpc) is 4.21. The summed E-state index contributed by atoms with van der Waals surface area (Å²) in [7, 11) is 0. The molecule has 12 bridgehead atoms. The molecule has 0 unspecified atom stereocenters. The Morgan fingerprint density at radius 1 is 0.257 bits per heavy atom. The van der Waals surface area contributed by atoms with E-state index in [1.807, 2.05) is 141 Å². The minimum Gasteiger partial charge on any atom is -0.121 e. The highest BCUT2D eigenvalue weighted by Crippen LogP contribution is 2.61. The molecule has 5 aliphatic rings. The van der Waals surface area contributed by atoms with Crippen molar-refractivity contribution in [2.75, 3.05) is 48.0 Å². The van der Waals surface area contributed by atoms with Gasteiger partial charge in [0.15, 0.2) is 0 Å². The summed E-state index contributed by atoms with van der Waals surface area (Å²) in [5.41, 5.74) is 0. The molecule has 0 aromatic heterocycles. The van der Waals surface area contributed by atoms with Crippen molar-refractivity contribution >= 4 is 248 Å². The van der Waals surface area contributed by atoms with E-state index in [1.165, 1.54) is 153 Å². The molecule has 5 heterocycles. The van der Waals surface area contributed by atoms with Crippen LogP contribution in [0.5, 0.6) is 0 Å². The van der Waals surface area contributed by atoms with Gasteiger partial charge in [0.1, 0.15) is 0 Å². The fraction of sp³-hybridized carbons (Fsp3) is 0.259. The van der Waals surface area contributed by atoms with E-state index in [4.69, 9.17) is 0 Å². The fourth-order valence-electron chi connectivity index (χ4n) is 8.91. The molecular weight excluding hydrogens is 1160 g/mol. The van der Waals surface area contributed by atoms with E-state index < -0.39 is 0 Å². The third-order valence-corrected chi connectivity index (χ3v) is 33.9. The Morgan fingerprint density at radius 3 is 0.643 bits per heavy atom. The quantitative estimate of drug-likeness (QED) is 0.154. The molecule has 70 heavy (non-hydrogen) atoms. The average molecular weight is 1210 g/mol. The van der Waals surface area contributed by atoms with Gasteiger partial charge < -0.3 is 0 Å². The first-order valence-electron chi connectivity index (χ1n) is 23.0. The van der Waals surface area contributed by atoms with Gasteiger partial charge in [-0.3, -0.25) is 0 Å². The predicted octanol–water partition coefficient (Wildman–Crippen LogP) is 19.4. The van der Waals surface area contributed by atoms with E-state index in [0.717, 1.165) is 23.0 Å². The maximum atomic E-state index is 2.38. The lowest BCUT2D eigenvalue weighted by Gasteiger charge is -2.11. The third-order valence-electron chi connectivity index (χ3n) is 12.1. The Bertz CT molecular complexity index is 2880. The van der Waals surface area contributed by atoms with Crippen molar-refractivity contribution < 1.29 is 0 Å². The highest BCUT2D eigenvalue weighted by molar-refractivity contribution is 8.47. The molecule has 0 saturated heterocycles. The molecule has 0 atom stereocenters. The molecule has 0 fully saturated rings. The van der Waals surface area contributed by atoms with Crippen molar-refractivity contribution in [1.29, 1.82) is 0 Å². The van der Waals surface area contributed by atoms with Crippen LogP contribution in [-0.2, 0) is 0 Å². The standard InChI is InChI=1S/C54H48S16/c1-55-47-51-59-27-15-5-16-28-60-52-49(57-3)65-45(69-52)41-35-23-11-13-25-37(35)42(38-26-14-12-24-36(38)41)46-66-50(58-4)54(70-46)62-30-18-6-17-29-61-53-48(56-2)64-44(68-53)40-33-21-9-7-19-31(33)39(43(63-47)67-51)32-20-8-10-22-34(32)40/h7-14,19-26H,5-6,15-18,27-30H2,1-4H3. The largest absolute Gasteiger partial charge is 0.121 e. The van der Waals surface area contributed by atoms with Crippen LogP contribution in [0.15, 0.2) is 131 Å². The Balaban J connectivity index is 0.919. The first kappa shape index (κ1) is 52.5. The number of rotatable bonds is 4. The molecule has 0 amide bonds. The van der Waals surface area contributed by atoms with Crippen LogP contribution in [0.25, 0.3) is 60.0 Å². The zero-order chi connectivity index (χ0) is 47.6. The molecule has 0 saturated carbocycles. The third kappa shape index (κ3) is 11.0. The lowest BCUT2D eigenvalue weighted by molar-refractivity contribution is 0.787. The van der Waals surface area contributed by atoms with E-state index >= 15 is 0 Å². The lowest BCUT2D eigenvalue weighted by atomic mass is 9.99. The monoisotopic (exact) mass is 1210 g/mol. The number of hydrogen-bond donors (Lipinski definition) is 0. The Kier molecular flexibility index (Phi) is 18.6. The van der Waals surface area contributed by atoms with E-state index in [-0.39, 0.29) is 0 Å². The van der Waals surface area contributed by atoms with Crippen LogP contribution < -0.4 is 20.9 Å². The van der Waals surface area contributed by atoms with E-state index in [0.29, 0.717) is 0 Å². The molecule has 0 aliphatic carbocycles. The maximum Gasteiger partial charge on any atom is 0.0660 e. The number of benzene rings is 6. The number of fused-ring (bicyclic) bond motifs is 14. The summed E-state index contributed by atoms with van der Waals surface area (Å²) >= 11 is 32.1. The summed E-state index contributed by atoms with van der Waals surface area (Å²) in [4.78, 5) is 0. The smallest absolute Gasteiger partial charge is 0.0660 e. The van der Waals surface area contributed by atoms with E-state index in [1.54, 1.807) is 0 Å². The number of thioether (sulfide) groups is 16. The van der Waals surface area contributed by atoms with Crippen molar-refractivity contribution in [2.45, 2.75) is 38.5 Å². The predicted molar refractivity (Wildman–Crippen MR) is 355 cm³/mol. The van der Waals surface area contributed by atoms with Crippen LogP contribution in [0.1, 0.15) is 38.5 Å². The summed E-state index contributed by atoms with van der Waals surface area (Å²) in [5, 5.41) is 16.6. The van der Waals surface area contributed by atoms with E-state index in [9.17, 15) is 0 Å². The van der Waals surface area contributed by atoms with Crippen LogP contribution in [0.2, 0.25) is 0 Å². The minimum absolute atomic E-state index is 1.16. The van der Waals surface area contributed by atoms with Crippen LogP contribution >= 0.6 is 188 Å². The fourth-order valence-corrected chi connectivity index (χ4v) is 31.4. The first-order valence-corrected chi connectivity index (χ1v) is 38.4. The second-order valence-electron chi connectivity index (χ2n) is 16.3. The Labute approximate surface area is 480 Å². The van der Waals surface area contributed by atoms with Crippen molar-refractivity contribution in [3.63, 3.8) is 0 Å². The molecule has 0 radical (unpaired) electrons.